The van der Waals surface area contributed by atoms with E-state index in [0.717, 1.165) is 100 Å². The predicted octanol–water partition coefficient (Wildman–Crippen LogP) is 21.0. The van der Waals surface area contributed by atoms with Crippen LogP contribution in [0.25, 0.3) is 0 Å². The fourth-order valence-electron chi connectivity index (χ4n) is 7.20. The smallest absolute Gasteiger partial charge is 0.793 e. The van der Waals surface area contributed by atoms with E-state index in [9.17, 15) is 19.6 Å². The van der Waals surface area contributed by atoms with E-state index in [2.05, 4.69) is 55.4 Å². The maximum atomic E-state index is 11.9. The molecule has 0 aliphatic carbocycles. The monoisotopic (exact) mass is 1400 g/mol. The molecule has 0 amide bonds. The van der Waals surface area contributed by atoms with E-state index in [1.165, 1.54) is 225 Å². The third-order valence-electron chi connectivity index (χ3n) is 12.0. The summed E-state index contributed by atoms with van der Waals surface area (Å²) in [6, 6.07) is 0. The Morgan fingerprint density at radius 3 is 0.506 bits per heavy atom. The molecular formula is C56H120MoO8P4S8. The topological polar surface area (TPSA) is 129 Å². The van der Waals surface area contributed by atoms with Gasteiger partial charge in [-0.3, -0.25) is 0 Å². The molecule has 0 aromatic heterocycles. The van der Waals surface area contributed by atoms with E-state index in [-0.39, 0.29) is 21.1 Å². The Hall–Kier alpha value is 4.37. The van der Waals surface area contributed by atoms with E-state index >= 15 is 0 Å². The van der Waals surface area contributed by atoms with Crippen LogP contribution in [0.3, 0.4) is 0 Å². The van der Waals surface area contributed by atoms with Gasteiger partial charge in [0, 0.05) is 22.8 Å². The Kier molecular flexibility index (Phi) is 83.2. The molecule has 0 radical (unpaired) electrons. The zero-order valence-corrected chi connectivity index (χ0v) is 62.8. The molecule has 0 bridgehead atoms. The molecule has 77 heavy (non-hydrogen) atoms. The van der Waals surface area contributed by atoms with Gasteiger partial charge in [0.15, 0.2) is 0 Å². The molecule has 4 unspecified atom stereocenters. The molecule has 0 aromatic carbocycles. The van der Waals surface area contributed by atoms with E-state index in [0.29, 0.717) is 26.4 Å². The molecule has 0 spiro atoms. The minimum atomic E-state index is -2.80. The minimum Gasteiger partial charge on any atom is -0.793 e. The third-order valence-corrected chi connectivity index (χ3v) is 29.4. The first-order valence-electron chi connectivity index (χ1n) is 30.9. The summed E-state index contributed by atoms with van der Waals surface area (Å²) in [5.41, 5.74) is -11.2. The first kappa shape index (κ1) is 90.1. The largest absolute Gasteiger partial charge is 4.00 e. The van der Waals surface area contributed by atoms with E-state index in [1.54, 1.807) is 0 Å². The van der Waals surface area contributed by atoms with Crippen molar-refractivity contribution >= 4 is 116 Å². The van der Waals surface area contributed by atoms with Gasteiger partial charge in [0.05, 0.1) is 26.4 Å². The van der Waals surface area contributed by atoms with E-state index in [4.69, 9.17) is 65.3 Å². The van der Waals surface area contributed by atoms with Crippen LogP contribution >= 0.6 is 68.3 Å². The van der Waals surface area contributed by atoms with Crippen LogP contribution in [-0.2, 0) is 86.4 Å². The molecule has 0 saturated heterocycles. The molecule has 4 atom stereocenters. The zero-order chi connectivity index (χ0) is 57.6. The van der Waals surface area contributed by atoms with Crippen LogP contribution in [-0.4, -0.2) is 49.4 Å². The second-order valence-corrected chi connectivity index (χ2v) is 44.5. The maximum Gasteiger partial charge on any atom is 4.00 e. The molecule has 0 aliphatic rings. The van der Waals surface area contributed by atoms with Crippen LogP contribution in [0.4, 0.5) is 0 Å². The molecule has 0 aromatic rings. The first-order chi connectivity index (χ1) is 36.5. The maximum absolute atomic E-state index is 11.9. The molecule has 0 saturated carbocycles. The average Bonchev–Trinajstić information content (AvgIpc) is 3.38. The molecule has 0 N–H and O–H groups in total. The van der Waals surface area contributed by atoms with Crippen LogP contribution < -0.4 is 19.6 Å². The first-order valence-corrected chi connectivity index (χ1v) is 47.8. The molecule has 466 valence electrons. The van der Waals surface area contributed by atoms with Crippen molar-refractivity contribution in [2.75, 3.05) is 49.4 Å². The average molecular weight is 1400 g/mol. The predicted molar refractivity (Wildman–Crippen MR) is 361 cm³/mol. The fraction of sp³-hybridized carbons (Fsp3) is 1.00. The van der Waals surface area contributed by atoms with E-state index in [1.807, 2.05) is 0 Å². The van der Waals surface area contributed by atoms with Crippen molar-refractivity contribution in [1.82, 2.24) is 0 Å². The second kappa shape index (κ2) is 71.1. The Labute approximate surface area is 531 Å². The van der Waals surface area contributed by atoms with Gasteiger partial charge in [0.1, 0.15) is 0 Å². The van der Waals surface area contributed by atoms with Crippen LogP contribution in [0.1, 0.15) is 312 Å². The molecule has 0 rings (SSSR count). The normalized spacial score (nSPS) is 14.3. The molecule has 21 heteroatoms. The van der Waals surface area contributed by atoms with Gasteiger partial charge in [0.2, 0.25) is 0 Å². The van der Waals surface area contributed by atoms with Crippen molar-refractivity contribution in [3.05, 3.63) is 0 Å². The van der Waals surface area contributed by atoms with Crippen LogP contribution in [0.15, 0.2) is 0 Å². The molecule has 8 nitrogen and oxygen atoms in total. The van der Waals surface area contributed by atoms with Crippen LogP contribution in [0, 0.1) is 0 Å². The van der Waals surface area contributed by atoms with Crippen molar-refractivity contribution in [2.45, 2.75) is 312 Å². The van der Waals surface area contributed by atoms with Gasteiger partial charge in [0.25, 0.3) is 0 Å². The van der Waals surface area contributed by atoms with Gasteiger partial charge in [-0.1, -0.05) is 308 Å². The fourth-order valence-corrected chi connectivity index (χ4v) is 20.7. The Morgan fingerprint density at radius 2 is 0.364 bits per heavy atom. The number of unbranched alkanes of at least 4 members (excludes halogenated alkanes) is 32. The molecular weight excluding hydrogens is 1280 g/mol. The minimum absolute atomic E-state index is 0. The summed E-state index contributed by atoms with van der Waals surface area (Å²) in [5, 5.41) is 0. The van der Waals surface area contributed by atoms with Crippen molar-refractivity contribution in [3.63, 3.8) is 0 Å². The number of rotatable bonds is 56. The van der Waals surface area contributed by atoms with Crippen molar-refractivity contribution in [3.8, 4) is 0 Å². The standard InChI is InChI=1S/4C14H31O2PS2.Mo/c4*1-3-5-7-9-11-13-16-17(15,18)19-14-12-10-8-6-4-2;/h4*3-14H2,1-2H3,(H,15,18);/q;;;;+4/p-4. The molecule has 0 aliphatic heterocycles. The third kappa shape index (κ3) is 84.6. The van der Waals surface area contributed by atoms with Gasteiger partial charge >= 0.3 is 21.1 Å². The summed E-state index contributed by atoms with van der Waals surface area (Å²) >= 11 is 25.6. The SMILES string of the molecule is CCCCCCCOP([O-])(=S)SCCCCCCC.CCCCCCCOP([O-])(=S)SCCCCCCC.CCCCCCCOP([O-])(=S)SCCCCCCC.CCCCCCCOP([O-])(=S)SCCCCCCC.[Mo+4]. The van der Waals surface area contributed by atoms with Gasteiger partial charge < -0.3 is 37.7 Å². The Morgan fingerprint density at radius 1 is 0.234 bits per heavy atom. The van der Waals surface area contributed by atoms with Crippen molar-refractivity contribution in [2.24, 2.45) is 0 Å². The zero-order valence-electron chi connectivity index (χ0n) is 50.7. The van der Waals surface area contributed by atoms with Gasteiger partial charge in [-0.25, -0.2) is 0 Å². The summed E-state index contributed by atoms with van der Waals surface area (Å²) in [6.07, 6.45) is 48.2. The van der Waals surface area contributed by atoms with Gasteiger partial charge in [-0.05, 0) is 74.4 Å². The quantitative estimate of drug-likeness (QED) is 0.0325. The summed E-state index contributed by atoms with van der Waals surface area (Å²) in [5.74, 6) is 3.50. The Balaban J connectivity index is -0.000000298. The molecule has 0 fully saturated rings. The van der Waals surface area contributed by atoms with Crippen LogP contribution in [0.2, 0.25) is 0 Å². The summed E-state index contributed by atoms with van der Waals surface area (Å²) in [7, 11) is 0. The number of hydrogen-bond acceptors (Lipinski definition) is 16. The summed E-state index contributed by atoms with van der Waals surface area (Å²) in [6.45, 7) is 19.9. The van der Waals surface area contributed by atoms with Crippen molar-refractivity contribution < 1.29 is 58.7 Å². The van der Waals surface area contributed by atoms with E-state index < -0.39 is 22.8 Å². The van der Waals surface area contributed by atoms with Crippen LogP contribution in [0.5, 0.6) is 0 Å². The van der Waals surface area contributed by atoms with Gasteiger partial charge in [-0.15, -0.1) is 45.5 Å². The summed E-state index contributed by atoms with van der Waals surface area (Å²) in [4.78, 5) is 47.8. The number of hydrogen-bond donors (Lipinski definition) is 0. The summed E-state index contributed by atoms with van der Waals surface area (Å²) < 4.78 is 21.5. The molecule has 0 heterocycles. The van der Waals surface area contributed by atoms with Crippen molar-refractivity contribution in [1.29, 1.82) is 0 Å². The Bertz CT molecular complexity index is 1070. The van der Waals surface area contributed by atoms with Gasteiger partial charge in [-0.2, -0.15) is 0 Å². The second-order valence-electron chi connectivity index (χ2n) is 19.8.